The van der Waals surface area contributed by atoms with Crippen molar-refractivity contribution in [2.24, 2.45) is 10.7 Å². The van der Waals surface area contributed by atoms with Crippen LogP contribution in [-0.2, 0) is 11.8 Å². The van der Waals surface area contributed by atoms with E-state index in [4.69, 9.17) is 15.5 Å². The average Bonchev–Trinajstić information content (AvgIpc) is 3.43. The van der Waals surface area contributed by atoms with E-state index in [0.29, 0.717) is 5.84 Å². The second-order valence-corrected chi connectivity index (χ2v) is 12.5. The van der Waals surface area contributed by atoms with Crippen LogP contribution in [0.5, 0.6) is 11.5 Å². The Balaban J connectivity index is 1.15. The van der Waals surface area contributed by atoms with Gasteiger partial charge in [-0.25, -0.2) is 4.99 Å². The van der Waals surface area contributed by atoms with Crippen LogP contribution in [-0.4, -0.2) is 12.4 Å². The van der Waals surface area contributed by atoms with Gasteiger partial charge in [-0.2, -0.15) is 0 Å². The summed E-state index contributed by atoms with van der Waals surface area (Å²) in [5.74, 6) is 2.26. The van der Waals surface area contributed by atoms with E-state index in [1.165, 1.54) is 28.0 Å². The summed E-state index contributed by atoms with van der Waals surface area (Å²) in [7, 11) is 0. The molecule has 0 unspecified atom stereocenters. The number of dihydropyridines is 1. The molecule has 0 fully saturated rings. The van der Waals surface area contributed by atoms with Crippen molar-refractivity contribution < 1.29 is 4.74 Å². The molecule has 6 aromatic carbocycles. The van der Waals surface area contributed by atoms with Gasteiger partial charge in [0.1, 0.15) is 17.3 Å². The lowest BCUT2D eigenvalue weighted by Crippen LogP contribution is -2.39. The van der Waals surface area contributed by atoms with Crippen molar-refractivity contribution in [3.05, 3.63) is 202 Å². The van der Waals surface area contributed by atoms with E-state index in [9.17, 15) is 0 Å². The fourth-order valence-corrected chi connectivity index (χ4v) is 7.67. The Morgan fingerprint density at radius 1 is 0.688 bits per heavy atom. The second kappa shape index (κ2) is 11.3. The molecule has 9 rings (SSSR count). The van der Waals surface area contributed by atoms with Crippen LogP contribution in [0.1, 0.15) is 38.9 Å². The van der Waals surface area contributed by atoms with E-state index >= 15 is 0 Å². The Morgan fingerprint density at radius 3 is 2.21 bits per heavy atom. The summed E-state index contributed by atoms with van der Waals surface area (Å²) >= 11 is 0. The molecule has 0 saturated carbocycles. The number of nitrogens with one attached hydrogen (secondary N) is 1. The van der Waals surface area contributed by atoms with Gasteiger partial charge in [-0.05, 0) is 70.1 Å². The van der Waals surface area contributed by atoms with Crippen LogP contribution in [0.4, 0.5) is 5.69 Å². The van der Waals surface area contributed by atoms with Crippen molar-refractivity contribution in [3.8, 4) is 22.6 Å². The van der Waals surface area contributed by atoms with Crippen LogP contribution in [0, 0.1) is 0 Å². The van der Waals surface area contributed by atoms with Crippen LogP contribution < -0.4 is 15.8 Å². The lowest BCUT2D eigenvalue weighted by atomic mass is 9.67. The molecular weight excluding hydrogens is 587 g/mol. The maximum atomic E-state index is 6.74. The second-order valence-electron chi connectivity index (χ2n) is 12.5. The minimum atomic E-state index is -0.530. The van der Waals surface area contributed by atoms with E-state index in [0.717, 1.165) is 63.5 Å². The lowest BCUT2D eigenvalue weighted by Gasteiger charge is -2.41. The van der Waals surface area contributed by atoms with Crippen molar-refractivity contribution >= 4 is 17.1 Å². The highest BCUT2D eigenvalue weighted by atomic mass is 16.5. The number of nitrogens with zero attached hydrogens (tertiary/aromatic N) is 1. The molecular formula is C44H33N3O. The smallest absolute Gasteiger partial charge is 0.132 e. The lowest BCUT2D eigenvalue weighted by molar-refractivity contribution is 0.429. The van der Waals surface area contributed by atoms with Crippen molar-refractivity contribution in [2.75, 3.05) is 6.54 Å². The molecule has 0 atom stereocenters. The van der Waals surface area contributed by atoms with E-state index in [1.54, 1.807) is 0 Å². The number of nitrogens with two attached hydrogens (primary N) is 1. The molecule has 0 bridgehead atoms. The zero-order valence-corrected chi connectivity index (χ0v) is 26.4. The van der Waals surface area contributed by atoms with E-state index in [1.807, 2.05) is 36.4 Å². The van der Waals surface area contributed by atoms with Crippen LogP contribution in [0.3, 0.4) is 0 Å². The molecule has 1 spiro atoms. The molecule has 0 aromatic heterocycles. The summed E-state index contributed by atoms with van der Waals surface area (Å²) in [4.78, 5) is 4.94. The number of ether oxygens (including phenoxy) is 1. The molecule has 3 N–H and O–H groups in total. The first-order chi connectivity index (χ1) is 23.7. The van der Waals surface area contributed by atoms with Gasteiger partial charge in [0.2, 0.25) is 0 Å². The Morgan fingerprint density at radius 2 is 1.40 bits per heavy atom. The fraction of sp³-hybridized carbons (Fsp3) is 0.0682. The summed E-state index contributed by atoms with van der Waals surface area (Å²) in [6, 6.07) is 50.9. The van der Waals surface area contributed by atoms with Crippen molar-refractivity contribution in [1.29, 1.82) is 0 Å². The van der Waals surface area contributed by atoms with Gasteiger partial charge < -0.3 is 15.8 Å². The zero-order valence-electron chi connectivity index (χ0n) is 26.4. The largest absolute Gasteiger partial charge is 0.457 e. The first-order valence-electron chi connectivity index (χ1n) is 16.4. The number of para-hydroxylation sites is 3. The maximum absolute atomic E-state index is 6.74. The summed E-state index contributed by atoms with van der Waals surface area (Å²) in [5.41, 5.74) is 19.8. The van der Waals surface area contributed by atoms with E-state index < -0.39 is 5.41 Å². The van der Waals surface area contributed by atoms with Crippen molar-refractivity contribution in [2.45, 2.75) is 11.8 Å². The van der Waals surface area contributed by atoms with E-state index in [2.05, 4.69) is 127 Å². The zero-order chi connectivity index (χ0) is 32.1. The van der Waals surface area contributed by atoms with Gasteiger partial charge in [-0.15, -0.1) is 0 Å². The van der Waals surface area contributed by atoms with Crippen LogP contribution >= 0.6 is 0 Å². The van der Waals surface area contributed by atoms with Gasteiger partial charge in [0.25, 0.3) is 0 Å². The number of fused-ring (bicyclic) bond motifs is 8. The first kappa shape index (κ1) is 28.1. The van der Waals surface area contributed by atoms with Gasteiger partial charge >= 0.3 is 0 Å². The minimum absolute atomic E-state index is 0.494. The normalized spacial score (nSPS) is 15.2. The summed E-state index contributed by atoms with van der Waals surface area (Å²) in [6.45, 7) is 0.780. The Labute approximate surface area is 280 Å². The van der Waals surface area contributed by atoms with Crippen LogP contribution in [0.15, 0.2) is 168 Å². The topological polar surface area (TPSA) is 59.6 Å². The number of hydrogen-bond donors (Lipinski definition) is 2. The molecule has 1 aliphatic carbocycles. The number of aliphatic imine (C=N–C) groups is 1. The van der Waals surface area contributed by atoms with Gasteiger partial charge in [0.15, 0.2) is 0 Å². The fourth-order valence-electron chi connectivity index (χ4n) is 7.67. The molecule has 48 heavy (non-hydrogen) atoms. The molecule has 6 aromatic rings. The highest BCUT2D eigenvalue weighted by Crippen LogP contribution is 2.61. The number of rotatable bonds is 5. The number of allylic oxidation sites excluding steroid dienone is 3. The van der Waals surface area contributed by atoms with E-state index in [-0.39, 0.29) is 0 Å². The standard InChI is InChI=1S/C44H33N3O/c45-43(47-39-20-7-4-14-32(39)26-29-12-2-1-3-13-29)33-16-10-15-30(27-33)31-23-24-34-35-17-11-25-46-42(35)44(38(34)28-31)36-18-5-8-21-40(36)48-41-22-9-6-19-37(41)44/h1-24,27-28,46H,25-26H2,(H2,45,47). The third kappa shape index (κ3) is 4.41. The molecule has 4 heteroatoms. The highest BCUT2D eigenvalue weighted by molar-refractivity contribution is 6.00. The molecule has 230 valence electrons. The van der Waals surface area contributed by atoms with Crippen LogP contribution in [0.25, 0.3) is 16.7 Å². The monoisotopic (exact) mass is 619 g/mol. The number of amidine groups is 1. The summed E-state index contributed by atoms with van der Waals surface area (Å²) in [6.07, 6.45) is 5.27. The van der Waals surface area contributed by atoms with Gasteiger partial charge in [0.05, 0.1) is 11.1 Å². The maximum Gasteiger partial charge on any atom is 0.132 e. The third-order valence-electron chi connectivity index (χ3n) is 9.80. The number of benzene rings is 6. The first-order valence-corrected chi connectivity index (χ1v) is 16.4. The predicted molar refractivity (Wildman–Crippen MR) is 195 cm³/mol. The Hall–Kier alpha value is -6.13. The third-order valence-corrected chi connectivity index (χ3v) is 9.80. The van der Waals surface area contributed by atoms with Gasteiger partial charge in [-0.3, -0.25) is 0 Å². The Bertz CT molecular complexity index is 2270. The van der Waals surface area contributed by atoms with Crippen molar-refractivity contribution in [1.82, 2.24) is 5.32 Å². The molecule has 4 nitrogen and oxygen atoms in total. The van der Waals surface area contributed by atoms with Gasteiger partial charge in [0, 0.05) is 34.5 Å². The SMILES string of the molecule is N/C(=N\c1ccccc1Cc1ccccc1)c1cccc(-c2ccc3c(c2)C2(C4=C3C=CCN4)c3ccccc3Oc3ccccc32)c1. The highest BCUT2D eigenvalue weighted by Gasteiger charge is 2.52. The molecule has 2 aliphatic heterocycles. The summed E-state index contributed by atoms with van der Waals surface area (Å²) in [5, 5.41) is 3.80. The average molecular weight is 620 g/mol. The van der Waals surface area contributed by atoms with Gasteiger partial charge in [-0.1, -0.05) is 127 Å². The van der Waals surface area contributed by atoms with Crippen LogP contribution in [0.2, 0.25) is 0 Å². The molecule has 0 radical (unpaired) electrons. The Kier molecular flexibility index (Phi) is 6.61. The predicted octanol–water partition coefficient (Wildman–Crippen LogP) is 9.31. The van der Waals surface area contributed by atoms with Crippen molar-refractivity contribution in [3.63, 3.8) is 0 Å². The molecule has 0 saturated heterocycles. The summed E-state index contributed by atoms with van der Waals surface area (Å²) < 4.78 is 6.51. The molecule has 3 aliphatic rings. The quantitative estimate of drug-likeness (QED) is 0.149. The molecule has 2 heterocycles. The minimum Gasteiger partial charge on any atom is -0.457 e. The number of hydrogen-bond acceptors (Lipinski definition) is 3. The molecule has 0 amide bonds.